The van der Waals surface area contributed by atoms with Crippen molar-refractivity contribution >= 4 is 23.7 Å². The second kappa shape index (κ2) is 4.02. The maximum atomic E-state index is 4.66. The van der Waals surface area contributed by atoms with Gasteiger partial charge < -0.3 is 0 Å². The summed E-state index contributed by atoms with van der Waals surface area (Å²) in [7, 11) is 0. The van der Waals surface area contributed by atoms with Crippen molar-refractivity contribution in [2.24, 2.45) is 4.99 Å². The van der Waals surface area contributed by atoms with Gasteiger partial charge in [0.15, 0.2) is 5.82 Å². The molecule has 1 aliphatic heterocycles. The van der Waals surface area contributed by atoms with Gasteiger partial charge >= 0.3 is 0 Å². The summed E-state index contributed by atoms with van der Waals surface area (Å²) >= 11 is 0. The molecule has 0 N–H and O–H groups in total. The first-order valence-electron chi connectivity index (χ1n) is 6.41. The van der Waals surface area contributed by atoms with Crippen LogP contribution < -0.4 is 0 Å². The van der Waals surface area contributed by atoms with Gasteiger partial charge in [0.2, 0.25) is 0 Å². The minimum Gasteiger partial charge on any atom is -0.237 e. The van der Waals surface area contributed by atoms with E-state index in [2.05, 4.69) is 58.5 Å². The highest BCUT2D eigenvalue weighted by Crippen LogP contribution is 2.30. The van der Waals surface area contributed by atoms with Crippen LogP contribution in [0.3, 0.4) is 0 Å². The number of allylic oxidation sites excluding steroid dienone is 2. The molecular weight excluding hydrogens is 232 g/mol. The average Bonchev–Trinajstić information content (AvgIpc) is 2.63. The van der Waals surface area contributed by atoms with Crippen LogP contribution >= 0.6 is 0 Å². The van der Waals surface area contributed by atoms with E-state index in [1.165, 1.54) is 22.3 Å². The van der Waals surface area contributed by atoms with E-state index in [4.69, 9.17) is 0 Å². The standard InChI is InChI=1S/C17H12N2/c1-2-5-13-10-15-11-14-6-3-9-18-17(14)19-16(15)8-7-12(13)4-1/h1-10H,11H2. The van der Waals surface area contributed by atoms with Crippen molar-refractivity contribution in [1.82, 2.24) is 4.98 Å². The van der Waals surface area contributed by atoms with E-state index in [1.807, 2.05) is 6.07 Å². The largest absolute Gasteiger partial charge is 0.237 e. The van der Waals surface area contributed by atoms with Crippen molar-refractivity contribution in [3.8, 4) is 0 Å². The van der Waals surface area contributed by atoms with Crippen LogP contribution in [-0.2, 0) is 6.42 Å². The highest BCUT2D eigenvalue weighted by molar-refractivity contribution is 6.16. The molecule has 1 aromatic heterocycles. The average molecular weight is 244 g/mol. The maximum Gasteiger partial charge on any atom is 0.155 e. The predicted molar refractivity (Wildman–Crippen MR) is 78.5 cm³/mol. The Labute approximate surface area is 111 Å². The molecule has 2 heterocycles. The number of pyridine rings is 1. The predicted octanol–water partition coefficient (Wildman–Crippen LogP) is 3.82. The van der Waals surface area contributed by atoms with Crippen molar-refractivity contribution < 1.29 is 0 Å². The Balaban J connectivity index is 1.92. The SMILES string of the molecule is C1=Cc2ccccc2C=C2Cc3cccnc3N=C12. The van der Waals surface area contributed by atoms with Gasteiger partial charge in [-0.25, -0.2) is 9.98 Å². The van der Waals surface area contributed by atoms with Crippen molar-refractivity contribution in [3.05, 3.63) is 70.9 Å². The van der Waals surface area contributed by atoms with Gasteiger partial charge in [-0.1, -0.05) is 36.4 Å². The normalized spacial score (nSPS) is 15.6. The van der Waals surface area contributed by atoms with Gasteiger partial charge in [-0.05, 0) is 34.9 Å². The third-order valence-corrected chi connectivity index (χ3v) is 3.55. The Morgan fingerprint density at radius 3 is 2.74 bits per heavy atom. The summed E-state index contributed by atoms with van der Waals surface area (Å²) in [5.74, 6) is 0.852. The lowest BCUT2D eigenvalue weighted by atomic mass is 9.97. The van der Waals surface area contributed by atoms with Gasteiger partial charge in [0.1, 0.15) is 0 Å². The minimum atomic E-state index is 0.852. The van der Waals surface area contributed by atoms with Crippen molar-refractivity contribution in [2.45, 2.75) is 6.42 Å². The number of aromatic nitrogens is 1. The Kier molecular flexibility index (Phi) is 2.21. The first-order chi connectivity index (χ1) is 9.40. The van der Waals surface area contributed by atoms with E-state index in [0.717, 1.165) is 18.0 Å². The molecular formula is C17H12N2. The third kappa shape index (κ3) is 1.73. The zero-order chi connectivity index (χ0) is 12.7. The molecule has 0 amide bonds. The molecule has 0 saturated carbocycles. The number of rotatable bonds is 0. The molecule has 19 heavy (non-hydrogen) atoms. The molecule has 0 saturated heterocycles. The zero-order valence-electron chi connectivity index (χ0n) is 10.4. The van der Waals surface area contributed by atoms with Crippen molar-refractivity contribution in [2.75, 3.05) is 0 Å². The first-order valence-corrected chi connectivity index (χ1v) is 6.41. The monoisotopic (exact) mass is 244 g/mol. The van der Waals surface area contributed by atoms with Gasteiger partial charge in [0, 0.05) is 18.2 Å². The molecule has 1 aromatic carbocycles. The Bertz CT molecular complexity index is 751. The van der Waals surface area contributed by atoms with E-state index in [9.17, 15) is 0 Å². The summed E-state index contributed by atoms with van der Waals surface area (Å²) < 4.78 is 0. The van der Waals surface area contributed by atoms with Gasteiger partial charge in [-0.3, -0.25) is 0 Å². The van der Waals surface area contributed by atoms with Crippen LogP contribution in [0.15, 0.2) is 59.2 Å². The highest BCUT2D eigenvalue weighted by atomic mass is 14.9. The van der Waals surface area contributed by atoms with Crippen LogP contribution in [0.4, 0.5) is 5.82 Å². The Morgan fingerprint density at radius 2 is 1.79 bits per heavy atom. The second-order valence-electron chi connectivity index (χ2n) is 4.79. The molecule has 2 nitrogen and oxygen atoms in total. The molecule has 1 aliphatic carbocycles. The molecule has 0 fully saturated rings. The van der Waals surface area contributed by atoms with Gasteiger partial charge in [0.05, 0.1) is 5.71 Å². The van der Waals surface area contributed by atoms with Crippen LogP contribution in [-0.4, -0.2) is 10.7 Å². The lowest BCUT2D eigenvalue weighted by Gasteiger charge is -2.15. The molecule has 0 unspecified atom stereocenters. The number of aliphatic imine (C=N–C) groups is 1. The summed E-state index contributed by atoms with van der Waals surface area (Å²) in [6, 6.07) is 12.5. The maximum absolute atomic E-state index is 4.66. The number of benzene rings is 1. The molecule has 4 rings (SSSR count). The number of hydrogen-bond donors (Lipinski definition) is 0. The third-order valence-electron chi connectivity index (χ3n) is 3.55. The molecule has 2 heteroatoms. The summed E-state index contributed by atoms with van der Waals surface area (Å²) in [5, 5.41) is 0. The summed E-state index contributed by atoms with van der Waals surface area (Å²) in [4.78, 5) is 9.00. The fraction of sp³-hybridized carbons (Fsp3) is 0.0588. The van der Waals surface area contributed by atoms with Crippen LogP contribution in [0.25, 0.3) is 12.2 Å². The van der Waals surface area contributed by atoms with E-state index in [-0.39, 0.29) is 0 Å². The Hall–Kier alpha value is -2.48. The lowest BCUT2D eigenvalue weighted by Crippen LogP contribution is -2.07. The van der Waals surface area contributed by atoms with E-state index < -0.39 is 0 Å². The number of hydrogen-bond acceptors (Lipinski definition) is 2. The molecule has 0 spiro atoms. The van der Waals surface area contributed by atoms with Crippen LogP contribution in [0, 0.1) is 0 Å². The second-order valence-corrected chi connectivity index (χ2v) is 4.79. The topological polar surface area (TPSA) is 25.2 Å². The highest BCUT2D eigenvalue weighted by Gasteiger charge is 2.17. The zero-order valence-corrected chi connectivity index (χ0v) is 10.4. The molecule has 0 radical (unpaired) electrons. The van der Waals surface area contributed by atoms with E-state index in [0.29, 0.717) is 0 Å². The number of nitrogens with zero attached hydrogens (tertiary/aromatic N) is 2. The van der Waals surface area contributed by atoms with E-state index in [1.54, 1.807) is 6.20 Å². The minimum absolute atomic E-state index is 0.852. The molecule has 2 aliphatic rings. The fourth-order valence-electron chi connectivity index (χ4n) is 2.57. The molecule has 0 atom stereocenters. The van der Waals surface area contributed by atoms with Crippen LogP contribution in [0.1, 0.15) is 16.7 Å². The summed E-state index contributed by atoms with van der Waals surface area (Å²) in [6.45, 7) is 0. The summed E-state index contributed by atoms with van der Waals surface area (Å²) in [6.07, 6.45) is 9.17. The van der Waals surface area contributed by atoms with E-state index >= 15 is 0 Å². The van der Waals surface area contributed by atoms with Crippen molar-refractivity contribution in [3.63, 3.8) is 0 Å². The molecule has 2 aromatic rings. The molecule has 0 bridgehead atoms. The number of fused-ring (bicyclic) bond motifs is 3. The van der Waals surface area contributed by atoms with Crippen LogP contribution in [0.2, 0.25) is 0 Å². The first kappa shape index (κ1) is 10.4. The van der Waals surface area contributed by atoms with Crippen molar-refractivity contribution in [1.29, 1.82) is 0 Å². The lowest BCUT2D eigenvalue weighted by molar-refractivity contribution is 1.12. The van der Waals surface area contributed by atoms with Gasteiger partial charge in [-0.15, -0.1) is 0 Å². The van der Waals surface area contributed by atoms with Crippen LogP contribution in [0.5, 0.6) is 0 Å². The molecule has 90 valence electrons. The Morgan fingerprint density at radius 1 is 0.895 bits per heavy atom. The summed E-state index contributed by atoms with van der Waals surface area (Å²) in [5.41, 5.74) is 5.99. The van der Waals surface area contributed by atoms with Gasteiger partial charge in [-0.2, -0.15) is 0 Å². The van der Waals surface area contributed by atoms with Gasteiger partial charge in [0.25, 0.3) is 0 Å². The fourth-order valence-corrected chi connectivity index (χ4v) is 2.57. The smallest absolute Gasteiger partial charge is 0.155 e. The quantitative estimate of drug-likeness (QED) is 0.691.